The molecule has 0 saturated carbocycles. The molecule has 2 heteroatoms. The maximum atomic E-state index is 13.0. The Morgan fingerprint density at radius 3 is 2.81 bits per heavy atom. The Kier molecular flexibility index (Phi) is 3.03. The van der Waals surface area contributed by atoms with E-state index in [4.69, 9.17) is 4.74 Å². The van der Waals surface area contributed by atoms with Crippen LogP contribution < -0.4 is 4.74 Å². The van der Waals surface area contributed by atoms with Gasteiger partial charge in [0, 0.05) is 12.3 Å². The zero-order valence-corrected chi connectivity index (χ0v) is 12.0. The quantitative estimate of drug-likeness (QED) is 0.778. The fourth-order valence-corrected chi connectivity index (χ4v) is 3.62. The van der Waals surface area contributed by atoms with Crippen molar-refractivity contribution < 1.29 is 9.53 Å². The van der Waals surface area contributed by atoms with E-state index in [1.807, 2.05) is 18.2 Å². The normalized spacial score (nSPS) is 19.5. The van der Waals surface area contributed by atoms with Crippen molar-refractivity contribution in [2.75, 3.05) is 6.61 Å². The van der Waals surface area contributed by atoms with Crippen LogP contribution in [0.5, 0.6) is 5.75 Å². The highest BCUT2D eigenvalue weighted by atomic mass is 16.5. The van der Waals surface area contributed by atoms with Crippen LogP contribution in [0.4, 0.5) is 0 Å². The van der Waals surface area contributed by atoms with E-state index >= 15 is 0 Å². The number of benzene rings is 2. The van der Waals surface area contributed by atoms with E-state index in [2.05, 4.69) is 24.3 Å². The number of ketones is 1. The highest BCUT2D eigenvalue weighted by Gasteiger charge is 2.30. The minimum absolute atomic E-state index is 0.00866. The van der Waals surface area contributed by atoms with Crippen LogP contribution in [-0.4, -0.2) is 12.4 Å². The summed E-state index contributed by atoms with van der Waals surface area (Å²) in [6.45, 7) is 0.695. The Morgan fingerprint density at radius 1 is 1.00 bits per heavy atom. The molecule has 0 N–H and O–H groups in total. The number of aryl methyl sites for hydroxylation is 1. The van der Waals surface area contributed by atoms with E-state index < -0.39 is 0 Å². The highest BCUT2D eigenvalue weighted by Crippen LogP contribution is 2.38. The molecule has 1 aliphatic heterocycles. The third-order valence-electron chi connectivity index (χ3n) is 4.67. The molecule has 2 aromatic carbocycles. The highest BCUT2D eigenvalue weighted by molar-refractivity contribution is 6.03. The van der Waals surface area contributed by atoms with Gasteiger partial charge in [-0.15, -0.1) is 0 Å². The molecule has 1 atom stereocenters. The lowest BCUT2D eigenvalue weighted by Gasteiger charge is -2.25. The molecule has 106 valence electrons. The van der Waals surface area contributed by atoms with Crippen LogP contribution in [0.3, 0.4) is 0 Å². The lowest BCUT2D eigenvalue weighted by Crippen LogP contribution is -2.19. The summed E-state index contributed by atoms with van der Waals surface area (Å²) in [6.07, 6.45) is 4.03. The van der Waals surface area contributed by atoms with Gasteiger partial charge in [-0.3, -0.25) is 4.79 Å². The van der Waals surface area contributed by atoms with Gasteiger partial charge < -0.3 is 4.74 Å². The van der Waals surface area contributed by atoms with Gasteiger partial charge in [0.1, 0.15) is 5.75 Å². The Balaban J connectivity index is 1.75. The van der Waals surface area contributed by atoms with Crippen molar-refractivity contribution in [1.82, 2.24) is 0 Å². The molecule has 2 aromatic rings. The van der Waals surface area contributed by atoms with Gasteiger partial charge >= 0.3 is 0 Å². The van der Waals surface area contributed by atoms with E-state index in [0.29, 0.717) is 6.61 Å². The molecule has 21 heavy (non-hydrogen) atoms. The molecule has 0 amide bonds. The molecule has 0 saturated heterocycles. The van der Waals surface area contributed by atoms with Gasteiger partial charge in [0.15, 0.2) is 5.78 Å². The van der Waals surface area contributed by atoms with Crippen molar-refractivity contribution in [1.29, 1.82) is 0 Å². The van der Waals surface area contributed by atoms with Crippen molar-refractivity contribution in [3.8, 4) is 5.75 Å². The Bertz CT molecular complexity index is 702. The molecular formula is C19H18O2. The molecule has 2 aliphatic rings. The zero-order chi connectivity index (χ0) is 14.2. The second-order valence-corrected chi connectivity index (χ2v) is 5.90. The number of rotatable bonds is 2. The molecule has 1 aliphatic carbocycles. The summed E-state index contributed by atoms with van der Waals surface area (Å²) < 4.78 is 5.71. The number of carbonyl (C=O) groups is 1. The molecular weight excluding hydrogens is 260 g/mol. The van der Waals surface area contributed by atoms with E-state index in [1.54, 1.807) is 0 Å². The molecule has 2 nitrogen and oxygen atoms in total. The van der Waals surface area contributed by atoms with E-state index in [-0.39, 0.29) is 11.7 Å². The van der Waals surface area contributed by atoms with Crippen LogP contribution in [0.25, 0.3) is 0 Å². The van der Waals surface area contributed by atoms with E-state index in [1.165, 1.54) is 16.7 Å². The largest absolute Gasteiger partial charge is 0.492 e. The molecule has 0 radical (unpaired) electrons. The minimum Gasteiger partial charge on any atom is -0.492 e. The smallest absolute Gasteiger partial charge is 0.174 e. The molecule has 0 aromatic heterocycles. The Morgan fingerprint density at radius 2 is 1.86 bits per heavy atom. The van der Waals surface area contributed by atoms with Gasteiger partial charge in [0.25, 0.3) is 0 Å². The number of hydrogen-bond donors (Lipinski definition) is 0. The van der Waals surface area contributed by atoms with Gasteiger partial charge in [-0.1, -0.05) is 36.4 Å². The maximum Gasteiger partial charge on any atom is 0.174 e. The molecule has 0 fully saturated rings. The average molecular weight is 278 g/mol. The first-order valence-corrected chi connectivity index (χ1v) is 7.71. The van der Waals surface area contributed by atoms with Crippen LogP contribution in [0, 0.1) is 0 Å². The Labute approximate surface area is 124 Å². The number of Topliss-reactive ketones (excluding diaryl/α,β-unsaturated/α-hetero) is 1. The average Bonchev–Trinajstić information content (AvgIpc) is 3.02. The minimum atomic E-state index is -0.00866. The van der Waals surface area contributed by atoms with Crippen LogP contribution in [0.1, 0.15) is 45.8 Å². The van der Waals surface area contributed by atoms with Crippen molar-refractivity contribution >= 4 is 5.78 Å². The van der Waals surface area contributed by atoms with Crippen molar-refractivity contribution in [3.63, 3.8) is 0 Å². The fraction of sp³-hybridized carbons (Fsp3) is 0.316. The number of fused-ring (bicyclic) bond motifs is 2. The first-order valence-electron chi connectivity index (χ1n) is 7.71. The molecule has 4 rings (SSSR count). The van der Waals surface area contributed by atoms with E-state index in [0.717, 1.165) is 37.0 Å². The topological polar surface area (TPSA) is 26.3 Å². The zero-order valence-electron chi connectivity index (χ0n) is 12.0. The first-order chi connectivity index (χ1) is 10.3. The summed E-state index contributed by atoms with van der Waals surface area (Å²) in [4.78, 5) is 13.0. The molecule has 1 heterocycles. The summed E-state index contributed by atoms with van der Waals surface area (Å²) in [5.41, 5.74) is 4.48. The van der Waals surface area contributed by atoms with Crippen LogP contribution in [-0.2, 0) is 12.8 Å². The van der Waals surface area contributed by atoms with Crippen LogP contribution in [0.15, 0.2) is 42.5 Å². The number of ether oxygens (including phenoxy) is 1. The van der Waals surface area contributed by atoms with Gasteiger partial charge in [-0.2, -0.15) is 0 Å². The second-order valence-electron chi connectivity index (χ2n) is 5.90. The monoisotopic (exact) mass is 278 g/mol. The summed E-state index contributed by atoms with van der Waals surface area (Å²) in [5.74, 6) is 1.04. The number of hydrogen-bond acceptors (Lipinski definition) is 2. The SMILES string of the molecule is O=C(c1cccc2c1OCC2)C1CCCc2ccccc21. The number of para-hydroxylation sites is 1. The predicted octanol–water partition coefficient (Wildman–Crippen LogP) is 3.92. The molecule has 0 bridgehead atoms. The van der Waals surface area contributed by atoms with Gasteiger partial charge in [0.05, 0.1) is 12.2 Å². The van der Waals surface area contributed by atoms with Gasteiger partial charge in [-0.25, -0.2) is 0 Å². The maximum absolute atomic E-state index is 13.0. The summed E-state index contributed by atoms with van der Waals surface area (Å²) in [5, 5.41) is 0. The number of carbonyl (C=O) groups excluding carboxylic acids is 1. The van der Waals surface area contributed by atoms with Crippen LogP contribution >= 0.6 is 0 Å². The van der Waals surface area contributed by atoms with Crippen molar-refractivity contribution in [2.45, 2.75) is 31.6 Å². The Hall–Kier alpha value is -2.09. The third-order valence-corrected chi connectivity index (χ3v) is 4.67. The summed E-state index contributed by atoms with van der Waals surface area (Å²) in [6, 6.07) is 14.3. The third kappa shape index (κ3) is 2.06. The summed E-state index contributed by atoms with van der Waals surface area (Å²) in [7, 11) is 0. The van der Waals surface area contributed by atoms with Crippen LogP contribution in [0.2, 0.25) is 0 Å². The summed E-state index contributed by atoms with van der Waals surface area (Å²) >= 11 is 0. The van der Waals surface area contributed by atoms with E-state index in [9.17, 15) is 4.79 Å². The lowest BCUT2D eigenvalue weighted by atomic mass is 9.78. The standard InChI is InChI=1S/C19H18O2/c20-18(17-10-4-7-14-11-12-21-19(14)17)16-9-3-6-13-5-1-2-8-15(13)16/h1-2,4-5,7-8,10,16H,3,6,9,11-12H2. The van der Waals surface area contributed by atoms with Gasteiger partial charge in [0.2, 0.25) is 0 Å². The lowest BCUT2D eigenvalue weighted by molar-refractivity contribution is 0.0948. The second kappa shape index (κ2) is 5.03. The molecule has 1 unspecified atom stereocenters. The fourth-order valence-electron chi connectivity index (χ4n) is 3.62. The van der Waals surface area contributed by atoms with Crippen molar-refractivity contribution in [3.05, 3.63) is 64.7 Å². The van der Waals surface area contributed by atoms with Crippen molar-refractivity contribution in [2.24, 2.45) is 0 Å². The predicted molar refractivity (Wildman–Crippen MR) is 82.1 cm³/mol. The first kappa shape index (κ1) is 12.6. The van der Waals surface area contributed by atoms with Gasteiger partial charge in [-0.05, 0) is 42.0 Å². The molecule has 0 spiro atoms.